The normalized spacial score (nSPS) is 11.6. The molecule has 1 aromatic carbocycles. The summed E-state index contributed by atoms with van der Waals surface area (Å²) in [6.07, 6.45) is 1.89. The summed E-state index contributed by atoms with van der Waals surface area (Å²) in [7, 11) is 0. The van der Waals surface area contributed by atoms with E-state index in [9.17, 15) is 14.4 Å². The number of fused-ring (bicyclic) bond motifs is 4. The van der Waals surface area contributed by atoms with Crippen molar-refractivity contribution in [2.45, 2.75) is 19.9 Å². The molecular formula is C20H16N6O3S2. The van der Waals surface area contributed by atoms with E-state index in [-0.39, 0.29) is 17.3 Å². The Bertz CT molecular complexity index is 1540. The molecule has 4 heterocycles. The Kier molecular flexibility index (Phi) is 4.56. The van der Waals surface area contributed by atoms with Crippen LogP contribution in [0.5, 0.6) is 0 Å². The van der Waals surface area contributed by atoms with E-state index in [4.69, 9.17) is 0 Å². The van der Waals surface area contributed by atoms with Crippen LogP contribution in [0.1, 0.15) is 40.0 Å². The molecule has 0 aliphatic carbocycles. The van der Waals surface area contributed by atoms with Gasteiger partial charge in [-0.25, -0.2) is 9.67 Å². The molecule has 2 N–H and O–H groups in total. The third kappa shape index (κ3) is 3.18. The Hall–Kier alpha value is -3.57. The molecule has 4 aromatic heterocycles. The number of imidazole rings is 1. The second-order valence-corrected chi connectivity index (χ2v) is 9.02. The van der Waals surface area contributed by atoms with E-state index in [1.165, 1.54) is 27.4 Å². The zero-order valence-electron chi connectivity index (χ0n) is 16.4. The first-order valence-corrected chi connectivity index (χ1v) is 11.1. The minimum atomic E-state index is -0.609. The van der Waals surface area contributed by atoms with Gasteiger partial charge in [0.2, 0.25) is 0 Å². The molecular weight excluding hydrogens is 436 g/mol. The molecule has 0 aliphatic heterocycles. The van der Waals surface area contributed by atoms with E-state index in [1.807, 2.05) is 29.8 Å². The lowest BCUT2D eigenvalue weighted by Gasteiger charge is -2.13. The van der Waals surface area contributed by atoms with Crippen molar-refractivity contribution in [1.29, 1.82) is 0 Å². The summed E-state index contributed by atoms with van der Waals surface area (Å²) in [6, 6.07) is 8.28. The molecule has 0 atom stereocenters. The van der Waals surface area contributed by atoms with Crippen molar-refractivity contribution in [3.05, 3.63) is 62.8 Å². The molecule has 5 rings (SSSR count). The van der Waals surface area contributed by atoms with Crippen molar-refractivity contribution in [3.8, 4) is 0 Å². The summed E-state index contributed by atoms with van der Waals surface area (Å²) in [6.45, 7) is 3.62. The zero-order chi connectivity index (χ0) is 21.7. The molecule has 0 spiro atoms. The fraction of sp³-hybridized carbons (Fsp3) is 0.150. The summed E-state index contributed by atoms with van der Waals surface area (Å²) in [4.78, 5) is 44.6. The predicted molar refractivity (Wildman–Crippen MR) is 120 cm³/mol. The van der Waals surface area contributed by atoms with E-state index in [2.05, 4.69) is 20.9 Å². The number of hydrogen-bond donors (Lipinski definition) is 2. The van der Waals surface area contributed by atoms with Crippen molar-refractivity contribution in [2.75, 3.05) is 0 Å². The third-order valence-corrected chi connectivity index (χ3v) is 6.56. The largest absolute Gasteiger partial charge is 0.290 e. The number of benzene rings is 1. The standard InChI is InChI=1S/C20H16N6O3S2/c1-10(2)26-19(29)12-6-4-3-5-11(12)15(24-26)17(28)23-22-16(27)14-9-13-18(31-14)21-20-25(13)7-8-30-20/h3-10H,1-2H3,(H,22,27)(H,23,28). The zero-order valence-corrected chi connectivity index (χ0v) is 18.1. The van der Waals surface area contributed by atoms with Crippen LogP contribution in [0.2, 0.25) is 0 Å². The maximum absolute atomic E-state index is 12.8. The minimum absolute atomic E-state index is 0.0614. The SMILES string of the molecule is CC(C)n1nc(C(=O)NNC(=O)c2cc3c(nc4sccn43)s2)c2ccccc2c1=O. The molecule has 5 aromatic rings. The summed E-state index contributed by atoms with van der Waals surface area (Å²) in [5.41, 5.74) is 5.47. The number of thiophene rings is 1. The van der Waals surface area contributed by atoms with Crippen LogP contribution in [-0.2, 0) is 0 Å². The molecule has 0 unspecified atom stereocenters. The van der Waals surface area contributed by atoms with Gasteiger partial charge in [-0.15, -0.1) is 22.7 Å². The lowest BCUT2D eigenvalue weighted by atomic mass is 10.1. The van der Waals surface area contributed by atoms with Gasteiger partial charge in [0, 0.05) is 17.0 Å². The second kappa shape index (κ2) is 7.29. The van der Waals surface area contributed by atoms with Crippen molar-refractivity contribution in [2.24, 2.45) is 0 Å². The highest BCUT2D eigenvalue weighted by molar-refractivity contribution is 7.21. The molecule has 31 heavy (non-hydrogen) atoms. The highest BCUT2D eigenvalue weighted by Crippen LogP contribution is 2.28. The first-order chi connectivity index (χ1) is 14.9. The Morgan fingerprint density at radius 3 is 2.61 bits per heavy atom. The highest BCUT2D eigenvalue weighted by atomic mass is 32.1. The fourth-order valence-electron chi connectivity index (χ4n) is 3.32. The van der Waals surface area contributed by atoms with E-state index in [0.717, 1.165) is 15.3 Å². The van der Waals surface area contributed by atoms with Gasteiger partial charge >= 0.3 is 0 Å². The van der Waals surface area contributed by atoms with Gasteiger partial charge in [0.1, 0.15) is 4.83 Å². The van der Waals surface area contributed by atoms with Crippen molar-refractivity contribution in [1.82, 2.24) is 30.0 Å². The summed E-state index contributed by atoms with van der Waals surface area (Å²) >= 11 is 2.76. The Morgan fingerprint density at radius 2 is 1.84 bits per heavy atom. The lowest BCUT2D eigenvalue weighted by Crippen LogP contribution is -2.42. The van der Waals surface area contributed by atoms with Crippen LogP contribution < -0.4 is 16.4 Å². The molecule has 9 nitrogen and oxygen atoms in total. The van der Waals surface area contributed by atoms with Gasteiger partial charge in [0.15, 0.2) is 10.7 Å². The van der Waals surface area contributed by atoms with Crippen molar-refractivity contribution in [3.63, 3.8) is 0 Å². The molecule has 0 aliphatic rings. The summed E-state index contributed by atoms with van der Waals surface area (Å²) in [5.74, 6) is -1.07. The van der Waals surface area contributed by atoms with Crippen LogP contribution in [0.15, 0.2) is 46.7 Å². The van der Waals surface area contributed by atoms with Gasteiger partial charge in [-0.3, -0.25) is 29.6 Å². The summed E-state index contributed by atoms with van der Waals surface area (Å²) < 4.78 is 3.18. The van der Waals surface area contributed by atoms with Gasteiger partial charge in [0.25, 0.3) is 17.4 Å². The summed E-state index contributed by atoms with van der Waals surface area (Å²) in [5, 5.41) is 6.97. The molecule has 2 amide bonds. The fourth-order valence-corrected chi connectivity index (χ4v) is 5.01. The topological polar surface area (TPSA) is 110 Å². The van der Waals surface area contributed by atoms with Crippen LogP contribution in [-0.4, -0.2) is 31.0 Å². The van der Waals surface area contributed by atoms with E-state index in [0.29, 0.717) is 15.6 Å². The molecule has 156 valence electrons. The van der Waals surface area contributed by atoms with E-state index in [1.54, 1.807) is 30.3 Å². The van der Waals surface area contributed by atoms with Crippen LogP contribution in [0, 0.1) is 0 Å². The van der Waals surface area contributed by atoms with Crippen LogP contribution in [0.25, 0.3) is 26.1 Å². The van der Waals surface area contributed by atoms with Crippen LogP contribution in [0.3, 0.4) is 0 Å². The Labute approximate surface area is 182 Å². The quantitative estimate of drug-likeness (QED) is 0.409. The smallest absolute Gasteiger partial charge is 0.289 e. The molecule has 0 saturated heterocycles. The maximum Gasteiger partial charge on any atom is 0.290 e. The first kappa shape index (κ1) is 19.4. The number of nitrogens with zero attached hydrogens (tertiary/aromatic N) is 4. The predicted octanol–water partition coefficient (Wildman–Crippen LogP) is 2.98. The number of nitrogens with one attached hydrogen (secondary N) is 2. The molecule has 0 radical (unpaired) electrons. The van der Waals surface area contributed by atoms with Crippen LogP contribution in [0.4, 0.5) is 0 Å². The third-order valence-electron chi connectivity index (χ3n) is 4.79. The molecule has 0 fully saturated rings. The molecule has 0 bridgehead atoms. The van der Waals surface area contributed by atoms with Gasteiger partial charge < -0.3 is 0 Å². The second-order valence-electron chi connectivity index (χ2n) is 7.11. The molecule has 0 saturated carbocycles. The number of amides is 2. The highest BCUT2D eigenvalue weighted by Gasteiger charge is 2.20. The van der Waals surface area contributed by atoms with Crippen LogP contribution >= 0.6 is 22.7 Å². The van der Waals surface area contributed by atoms with E-state index < -0.39 is 11.8 Å². The lowest BCUT2D eigenvalue weighted by molar-refractivity contribution is 0.0845. The minimum Gasteiger partial charge on any atom is -0.289 e. The van der Waals surface area contributed by atoms with Crippen molar-refractivity contribution < 1.29 is 9.59 Å². The number of carbonyl (C=O) groups excluding carboxylic acids is 2. The van der Waals surface area contributed by atoms with Gasteiger partial charge in [-0.2, -0.15) is 5.10 Å². The number of hydrazine groups is 1. The van der Waals surface area contributed by atoms with Gasteiger partial charge in [0.05, 0.1) is 21.8 Å². The average molecular weight is 453 g/mol. The Morgan fingerprint density at radius 1 is 1.10 bits per heavy atom. The first-order valence-electron chi connectivity index (χ1n) is 9.41. The van der Waals surface area contributed by atoms with E-state index >= 15 is 0 Å². The number of thiazole rings is 1. The maximum atomic E-state index is 12.8. The number of aromatic nitrogens is 4. The Balaban J connectivity index is 1.42. The number of carbonyl (C=O) groups is 2. The van der Waals surface area contributed by atoms with Crippen molar-refractivity contribution >= 4 is 60.6 Å². The number of rotatable bonds is 3. The molecule has 11 heteroatoms. The van der Waals surface area contributed by atoms with Gasteiger partial charge in [-0.05, 0) is 26.0 Å². The number of hydrogen-bond acceptors (Lipinski definition) is 7. The average Bonchev–Trinajstić information content (AvgIpc) is 3.44. The monoisotopic (exact) mass is 452 g/mol. The van der Waals surface area contributed by atoms with Gasteiger partial charge in [-0.1, -0.05) is 18.2 Å².